The number of aliphatic hydroxyl groups is 1. The van der Waals surface area contributed by atoms with E-state index in [4.69, 9.17) is 0 Å². The summed E-state index contributed by atoms with van der Waals surface area (Å²) in [6, 6.07) is 5.06. The van der Waals surface area contributed by atoms with Gasteiger partial charge in [-0.3, -0.25) is 0 Å². The van der Waals surface area contributed by atoms with E-state index < -0.39 is 30.0 Å². The van der Waals surface area contributed by atoms with Crippen LogP contribution in [0.2, 0.25) is 0 Å². The van der Waals surface area contributed by atoms with Crippen molar-refractivity contribution in [2.75, 3.05) is 0 Å². The van der Waals surface area contributed by atoms with E-state index in [1.165, 1.54) is 12.1 Å². The SMILES string of the molecule is CC(O)(CC(F)(C(F)(F)F)C(F)(F)F)c1ccc(I)cc1. The van der Waals surface area contributed by atoms with Gasteiger partial charge in [-0.25, -0.2) is 4.39 Å². The Morgan fingerprint density at radius 2 is 1.29 bits per heavy atom. The van der Waals surface area contributed by atoms with Crippen LogP contribution in [0, 0.1) is 3.57 Å². The monoisotopic (exact) mass is 430 g/mol. The van der Waals surface area contributed by atoms with E-state index in [1.54, 1.807) is 0 Å². The summed E-state index contributed by atoms with van der Waals surface area (Å²) >= 11 is 1.86. The Bertz CT molecular complexity index is 476. The summed E-state index contributed by atoms with van der Waals surface area (Å²) in [4.78, 5) is 0. The third kappa shape index (κ3) is 3.79. The molecule has 0 amide bonds. The van der Waals surface area contributed by atoms with Crippen LogP contribution >= 0.6 is 22.6 Å². The Hall–Kier alpha value is -0.580. The van der Waals surface area contributed by atoms with Crippen molar-refractivity contribution in [1.29, 1.82) is 0 Å². The van der Waals surface area contributed by atoms with Crippen molar-refractivity contribution < 1.29 is 35.8 Å². The maximum Gasteiger partial charge on any atom is 0.431 e. The van der Waals surface area contributed by atoms with Crippen molar-refractivity contribution in [2.45, 2.75) is 37.0 Å². The minimum atomic E-state index is -6.18. The first-order chi connectivity index (χ1) is 9.21. The maximum atomic E-state index is 13.7. The van der Waals surface area contributed by atoms with Crippen LogP contribution in [0.15, 0.2) is 24.3 Å². The molecule has 0 bridgehead atoms. The normalized spacial score (nSPS) is 16.7. The summed E-state index contributed by atoms with van der Waals surface area (Å²) in [7, 11) is 0. The molecule has 1 rings (SSSR count). The minimum Gasteiger partial charge on any atom is -0.385 e. The summed E-state index contributed by atoms with van der Waals surface area (Å²) in [5.41, 5.74) is -8.37. The van der Waals surface area contributed by atoms with Crippen LogP contribution in [0.3, 0.4) is 0 Å². The van der Waals surface area contributed by atoms with Crippen LogP contribution in [0.4, 0.5) is 30.7 Å². The minimum absolute atomic E-state index is 0.238. The first kappa shape index (κ1) is 18.5. The smallest absolute Gasteiger partial charge is 0.385 e. The maximum absolute atomic E-state index is 13.7. The van der Waals surface area contributed by atoms with E-state index in [1.807, 2.05) is 22.6 Å². The van der Waals surface area contributed by atoms with Gasteiger partial charge in [-0.15, -0.1) is 0 Å². The highest BCUT2D eigenvalue weighted by molar-refractivity contribution is 14.1. The van der Waals surface area contributed by atoms with Gasteiger partial charge in [0, 0.05) is 9.99 Å². The highest BCUT2D eigenvalue weighted by atomic mass is 127. The van der Waals surface area contributed by atoms with Gasteiger partial charge in [-0.1, -0.05) is 12.1 Å². The largest absolute Gasteiger partial charge is 0.431 e. The second kappa shape index (κ2) is 5.56. The summed E-state index contributed by atoms with van der Waals surface area (Å²) in [6.45, 7) is 0.709. The van der Waals surface area contributed by atoms with Gasteiger partial charge in [0.1, 0.15) is 0 Å². The molecule has 0 saturated heterocycles. The van der Waals surface area contributed by atoms with Crippen molar-refractivity contribution >= 4 is 22.6 Å². The number of benzene rings is 1. The van der Waals surface area contributed by atoms with Crippen molar-refractivity contribution in [3.63, 3.8) is 0 Å². The summed E-state index contributed by atoms with van der Waals surface area (Å²) < 4.78 is 89.3. The average molecular weight is 430 g/mol. The van der Waals surface area contributed by atoms with Crippen molar-refractivity contribution in [1.82, 2.24) is 0 Å². The van der Waals surface area contributed by atoms with Crippen LogP contribution in [0.1, 0.15) is 18.9 Å². The van der Waals surface area contributed by atoms with E-state index in [0.29, 0.717) is 10.5 Å². The predicted molar refractivity (Wildman–Crippen MR) is 69.3 cm³/mol. The fraction of sp³-hybridized carbons (Fsp3) is 0.500. The Balaban J connectivity index is 3.23. The highest BCUT2D eigenvalue weighted by Gasteiger charge is 2.73. The Kier molecular flexibility index (Phi) is 4.89. The molecule has 120 valence electrons. The molecule has 1 nitrogen and oxygen atoms in total. The number of rotatable bonds is 3. The molecule has 0 fully saturated rings. The number of halogens is 8. The molecule has 0 heterocycles. The van der Waals surface area contributed by atoms with E-state index >= 15 is 0 Å². The standard InChI is InChI=1S/C12H10F7IO/c1-9(21,7-2-4-8(20)5-3-7)6-10(13,11(14,15)16)12(17,18)19/h2-5,21H,6H2,1H3. The zero-order valence-electron chi connectivity index (χ0n) is 10.5. The molecule has 0 aliphatic rings. The lowest BCUT2D eigenvalue weighted by atomic mass is 9.83. The van der Waals surface area contributed by atoms with Gasteiger partial charge in [-0.05, 0) is 47.2 Å². The van der Waals surface area contributed by atoms with Crippen LogP contribution in [-0.2, 0) is 5.60 Å². The zero-order chi connectivity index (χ0) is 16.7. The van der Waals surface area contributed by atoms with Gasteiger partial charge < -0.3 is 5.11 Å². The van der Waals surface area contributed by atoms with Gasteiger partial charge in [0.2, 0.25) is 0 Å². The molecule has 1 unspecified atom stereocenters. The lowest BCUT2D eigenvalue weighted by molar-refractivity contribution is -0.352. The number of hydrogen-bond acceptors (Lipinski definition) is 1. The topological polar surface area (TPSA) is 20.2 Å². The van der Waals surface area contributed by atoms with Crippen molar-refractivity contribution in [3.8, 4) is 0 Å². The number of alkyl halides is 7. The van der Waals surface area contributed by atoms with Crippen LogP contribution in [0.25, 0.3) is 0 Å². The number of hydrogen-bond donors (Lipinski definition) is 1. The molecule has 0 aliphatic carbocycles. The molecule has 0 radical (unpaired) electrons. The molecule has 0 saturated carbocycles. The lowest BCUT2D eigenvalue weighted by Crippen LogP contribution is -2.56. The van der Waals surface area contributed by atoms with Crippen LogP contribution < -0.4 is 0 Å². The van der Waals surface area contributed by atoms with Crippen LogP contribution in [-0.4, -0.2) is 23.1 Å². The molecule has 0 spiro atoms. The molecule has 1 atom stereocenters. The Morgan fingerprint density at radius 3 is 1.62 bits per heavy atom. The molecular weight excluding hydrogens is 420 g/mol. The summed E-state index contributed by atoms with van der Waals surface area (Å²) in [5.74, 6) is 0. The third-order valence-electron chi connectivity index (χ3n) is 2.95. The van der Waals surface area contributed by atoms with Crippen molar-refractivity contribution in [3.05, 3.63) is 33.4 Å². The Labute approximate surface area is 129 Å². The molecule has 0 aliphatic heterocycles. The molecule has 0 aromatic heterocycles. The predicted octanol–water partition coefficient (Wildman–Crippen LogP) is 4.72. The van der Waals surface area contributed by atoms with E-state index in [0.717, 1.165) is 12.1 Å². The van der Waals surface area contributed by atoms with E-state index in [9.17, 15) is 35.8 Å². The molecule has 1 aromatic carbocycles. The Morgan fingerprint density at radius 1 is 0.905 bits per heavy atom. The second-order valence-electron chi connectivity index (χ2n) is 4.75. The van der Waals surface area contributed by atoms with Gasteiger partial charge in [-0.2, -0.15) is 26.3 Å². The quantitative estimate of drug-likeness (QED) is 0.544. The molecular formula is C12H10F7IO. The highest BCUT2D eigenvalue weighted by Crippen LogP contribution is 2.51. The zero-order valence-corrected chi connectivity index (χ0v) is 12.6. The third-order valence-corrected chi connectivity index (χ3v) is 3.67. The van der Waals surface area contributed by atoms with Gasteiger partial charge in [0.15, 0.2) is 0 Å². The molecule has 21 heavy (non-hydrogen) atoms. The van der Waals surface area contributed by atoms with Crippen molar-refractivity contribution in [2.24, 2.45) is 0 Å². The lowest BCUT2D eigenvalue weighted by Gasteiger charge is -2.36. The van der Waals surface area contributed by atoms with Gasteiger partial charge in [0.25, 0.3) is 0 Å². The molecule has 1 N–H and O–H groups in total. The first-order valence-electron chi connectivity index (χ1n) is 5.51. The van der Waals surface area contributed by atoms with E-state index in [2.05, 4.69) is 0 Å². The molecule has 1 aromatic rings. The fourth-order valence-corrected chi connectivity index (χ4v) is 2.11. The summed E-state index contributed by atoms with van der Waals surface area (Å²) in [5, 5.41) is 9.90. The van der Waals surface area contributed by atoms with E-state index in [-0.39, 0.29) is 5.56 Å². The first-order valence-corrected chi connectivity index (χ1v) is 6.59. The second-order valence-corrected chi connectivity index (χ2v) is 6.00. The van der Waals surface area contributed by atoms with Crippen LogP contribution in [0.5, 0.6) is 0 Å². The fourth-order valence-electron chi connectivity index (χ4n) is 1.75. The van der Waals surface area contributed by atoms with Gasteiger partial charge >= 0.3 is 18.0 Å². The average Bonchev–Trinajstić information content (AvgIpc) is 2.25. The van der Waals surface area contributed by atoms with Gasteiger partial charge in [0.05, 0.1) is 5.60 Å². The molecule has 9 heteroatoms. The summed E-state index contributed by atoms with van der Waals surface area (Å²) in [6.07, 6.45) is -14.5.